The van der Waals surface area contributed by atoms with Crippen LogP contribution in [-0.4, -0.2) is 29.1 Å². The molecular weight excluding hydrogens is 286 g/mol. The zero-order valence-corrected chi connectivity index (χ0v) is 12.9. The summed E-state index contributed by atoms with van der Waals surface area (Å²) in [6.07, 6.45) is 2.49. The van der Waals surface area contributed by atoms with Crippen molar-refractivity contribution in [2.75, 3.05) is 6.26 Å². The van der Waals surface area contributed by atoms with Crippen LogP contribution in [0.3, 0.4) is 0 Å². The molecule has 0 saturated carbocycles. The summed E-state index contributed by atoms with van der Waals surface area (Å²) in [5, 5.41) is 0. The third kappa shape index (κ3) is 4.29. The monoisotopic (exact) mass is 305 g/mol. The summed E-state index contributed by atoms with van der Waals surface area (Å²) in [6, 6.07) is 5.11. The van der Waals surface area contributed by atoms with Crippen LogP contribution in [0.2, 0.25) is 0 Å². The molecule has 0 aliphatic rings. The van der Waals surface area contributed by atoms with E-state index in [2.05, 4.69) is 4.72 Å². The van der Waals surface area contributed by atoms with Crippen LogP contribution in [-0.2, 0) is 19.9 Å². The van der Waals surface area contributed by atoms with Crippen LogP contribution in [0.25, 0.3) is 0 Å². The smallest absolute Gasteiger partial charge is 0.224 e. The van der Waals surface area contributed by atoms with Gasteiger partial charge >= 0.3 is 0 Å². The number of rotatable bonds is 6. The molecule has 0 saturated heterocycles. The van der Waals surface area contributed by atoms with E-state index < -0.39 is 19.9 Å². The lowest BCUT2D eigenvalue weighted by molar-refractivity contribution is 0.530. The maximum atomic E-state index is 12.1. The predicted molar refractivity (Wildman–Crippen MR) is 74.2 cm³/mol. The first kappa shape index (κ1) is 16.1. The van der Waals surface area contributed by atoms with E-state index in [1.807, 2.05) is 13.8 Å². The highest BCUT2D eigenvalue weighted by atomic mass is 32.2. The second kappa shape index (κ2) is 6.02. The number of sulfone groups is 1. The lowest BCUT2D eigenvalue weighted by atomic mass is 10.2. The van der Waals surface area contributed by atoms with Gasteiger partial charge in [-0.3, -0.25) is 0 Å². The fraction of sp³-hybridized carbons (Fsp3) is 0.500. The maximum Gasteiger partial charge on any atom is 0.240 e. The second-order valence-corrected chi connectivity index (χ2v) is 8.11. The summed E-state index contributed by atoms with van der Waals surface area (Å²) in [6.45, 7) is 3.81. The molecule has 0 unspecified atom stereocenters. The quantitative estimate of drug-likeness (QED) is 0.865. The van der Waals surface area contributed by atoms with E-state index in [1.54, 1.807) is 0 Å². The van der Waals surface area contributed by atoms with E-state index in [1.165, 1.54) is 24.3 Å². The number of benzene rings is 1. The number of nitrogens with one attached hydrogen (secondary N) is 1. The van der Waals surface area contributed by atoms with E-state index >= 15 is 0 Å². The Bertz CT molecular complexity index is 614. The highest BCUT2D eigenvalue weighted by molar-refractivity contribution is 7.90. The van der Waals surface area contributed by atoms with E-state index in [-0.39, 0.29) is 15.8 Å². The third-order valence-corrected chi connectivity index (χ3v) is 5.53. The molecule has 0 fully saturated rings. The molecule has 5 nitrogen and oxygen atoms in total. The molecule has 0 aliphatic carbocycles. The minimum absolute atomic E-state index is 0.0757. The van der Waals surface area contributed by atoms with Crippen molar-refractivity contribution < 1.29 is 16.8 Å². The minimum Gasteiger partial charge on any atom is -0.224 e. The summed E-state index contributed by atoms with van der Waals surface area (Å²) < 4.78 is 49.3. The molecule has 108 valence electrons. The summed E-state index contributed by atoms with van der Waals surface area (Å²) in [4.78, 5) is 0.181. The zero-order valence-electron chi connectivity index (χ0n) is 11.3. The molecule has 0 amide bonds. The summed E-state index contributed by atoms with van der Waals surface area (Å²) in [5.41, 5.74) is 0. The van der Waals surface area contributed by atoms with Gasteiger partial charge in [-0.05, 0) is 37.1 Å². The van der Waals surface area contributed by atoms with Gasteiger partial charge in [0.25, 0.3) is 0 Å². The van der Waals surface area contributed by atoms with E-state index in [0.717, 1.165) is 6.26 Å². The molecule has 0 bridgehead atoms. The zero-order chi connectivity index (χ0) is 14.7. The van der Waals surface area contributed by atoms with Crippen LogP contribution in [0, 0.1) is 0 Å². The van der Waals surface area contributed by atoms with Gasteiger partial charge < -0.3 is 0 Å². The van der Waals surface area contributed by atoms with Crippen molar-refractivity contribution in [3.05, 3.63) is 24.3 Å². The van der Waals surface area contributed by atoms with Gasteiger partial charge in [0, 0.05) is 12.3 Å². The SMILES string of the molecule is CCC(CC)NS(=O)(=O)c1ccc(S(C)(=O)=O)cc1. The Morgan fingerprint density at radius 1 is 0.947 bits per heavy atom. The molecule has 1 N–H and O–H groups in total. The van der Waals surface area contributed by atoms with Crippen LogP contribution in [0.15, 0.2) is 34.1 Å². The van der Waals surface area contributed by atoms with Gasteiger partial charge in [0.15, 0.2) is 9.84 Å². The Labute approximate surface area is 115 Å². The van der Waals surface area contributed by atoms with E-state index in [4.69, 9.17) is 0 Å². The standard InChI is InChI=1S/C12H19NO4S2/c1-4-10(5-2)13-19(16,17)12-8-6-11(7-9-12)18(3,14)15/h6-10,13H,4-5H2,1-3H3. The predicted octanol–water partition coefficient (Wildman–Crippen LogP) is 1.56. The summed E-state index contributed by atoms with van der Waals surface area (Å²) >= 11 is 0. The molecule has 7 heteroatoms. The van der Waals surface area contributed by atoms with E-state index in [0.29, 0.717) is 12.8 Å². The number of hydrogen-bond donors (Lipinski definition) is 1. The van der Waals surface area contributed by atoms with Crippen molar-refractivity contribution >= 4 is 19.9 Å². The fourth-order valence-electron chi connectivity index (χ4n) is 1.61. The van der Waals surface area contributed by atoms with Gasteiger partial charge in [-0.1, -0.05) is 13.8 Å². The number of sulfonamides is 1. The van der Waals surface area contributed by atoms with Crippen molar-refractivity contribution in [1.82, 2.24) is 4.72 Å². The van der Waals surface area contributed by atoms with Gasteiger partial charge in [0.2, 0.25) is 10.0 Å². The lowest BCUT2D eigenvalue weighted by Gasteiger charge is -2.15. The molecule has 0 radical (unpaired) electrons. The molecule has 0 aliphatic heterocycles. The molecule has 0 atom stereocenters. The molecule has 19 heavy (non-hydrogen) atoms. The van der Waals surface area contributed by atoms with Gasteiger partial charge in [-0.2, -0.15) is 0 Å². The Morgan fingerprint density at radius 3 is 1.74 bits per heavy atom. The molecule has 0 spiro atoms. The van der Waals surface area contributed by atoms with Crippen molar-refractivity contribution in [3.8, 4) is 0 Å². The van der Waals surface area contributed by atoms with Crippen molar-refractivity contribution in [2.24, 2.45) is 0 Å². The Balaban J connectivity index is 3.04. The van der Waals surface area contributed by atoms with Gasteiger partial charge in [0.1, 0.15) is 0 Å². The first-order chi connectivity index (χ1) is 8.70. The molecule has 1 aromatic rings. The average Bonchev–Trinajstić information content (AvgIpc) is 2.35. The van der Waals surface area contributed by atoms with Crippen LogP contribution < -0.4 is 4.72 Å². The van der Waals surface area contributed by atoms with Crippen LogP contribution in [0.5, 0.6) is 0 Å². The molecule has 1 aromatic carbocycles. The van der Waals surface area contributed by atoms with Gasteiger partial charge in [-0.15, -0.1) is 0 Å². The van der Waals surface area contributed by atoms with Gasteiger partial charge in [-0.25, -0.2) is 21.6 Å². The molecule has 1 rings (SSSR count). The maximum absolute atomic E-state index is 12.1. The van der Waals surface area contributed by atoms with Crippen molar-refractivity contribution in [2.45, 2.75) is 42.5 Å². The highest BCUT2D eigenvalue weighted by Crippen LogP contribution is 2.15. The van der Waals surface area contributed by atoms with Gasteiger partial charge in [0.05, 0.1) is 9.79 Å². The third-order valence-electron chi connectivity index (χ3n) is 2.87. The Hall–Kier alpha value is -0.920. The summed E-state index contributed by atoms with van der Waals surface area (Å²) in [7, 11) is -6.90. The van der Waals surface area contributed by atoms with Crippen molar-refractivity contribution in [1.29, 1.82) is 0 Å². The molecule has 0 aromatic heterocycles. The van der Waals surface area contributed by atoms with Crippen LogP contribution in [0.1, 0.15) is 26.7 Å². The summed E-state index contributed by atoms with van der Waals surface area (Å²) in [5.74, 6) is 0. The topological polar surface area (TPSA) is 80.3 Å². The lowest BCUT2D eigenvalue weighted by Crippen LogP contribution is -2.33. The Morgan fingerprint density at radius 2 is 1.37 bits per heavy atom. The number of hydrogen-bond acceptors (Lipinski definition) is 4. The minimum atomic E-state index is -3.59. The first-order valence-corrected chi connectivity index (χ1v) is 9.40. The normalized spacial score (nSPS) is 12.8. The second-order valence-electron chi connectivity index (χ2n) is 4.38. The highest BCUT2D eigenvalue weighted by Gasteiger charge is 2.18. The Kier molecular flexibility index (Phi) is 5.11. The largest absolute Gasteiger partial charge is 0.240 e. The van der Waals surface area contributed by atoms with Crippen molar-refractivity contribution in [3.63, 3.8) is 0 Å². The van der Waals surface area contributed by atoms with E-state index in [9.17, 15) is 16.8 Å². The molecular formula is C12H19NO4S2. The fourth-order valence-corrected chi connectivity index (χ4v) is 3.64. The van der Waals surface area contributed by atoms with Crippen LogP contribution in [0.4, 0.5) is 0 Å². The average molecular weight is 305 g/mol. The first-order valence-electron chi connectivity index (χ1n) is 6.03. The van der Waals surface area contributed by atoms with Crippen LogP contribution >= 0.6 is 0 Å². The molecule has 0 heterocycles.